The summed E-state index contributed by atoms with van der Waals surface area (Å²) in [6.07, 6.45) is 2.75. The number of carbonyl (C=O) groups is 1. The van der Waals surface area contributed by atoms with Crippen molar-refractivity contribution >= 4 is 5.91 Å². The van der Waals surface area contributed by atoms with Crippen LogP contribution in [0, 0.1) is 0 Å². The number of nitrogens with two attached hydrogens (primary N) is 1. The van der Waals surface area contributed by atoms with Gasteiger partial charge in [0.25, 0.3) is 5.91 Å². The zero-order valence-electron chi connectivity index (χ0n) is 10.9. The van der Waals surface area contributed by atoms with Crippen LogP contribution in [0.2, 0.25) is 0 Å². The van der Waals surface area contributed by atoms with Crippen molar-refractivity contribution in [2.24, 2.45) is 5.73 Å². The first-order valence-electron chi connectivity index (χ1n) is 6.34. The number of ether oxygens (including phenoxy) is 1. The molecule has 18 heavy (non-hydrogen) atoms. The lowest BCUT2D eigenvalue weighted by molar-refractivity contribution is 0.0951. The summed E-state index contributed by atoms with van der Waals surface area (Å²) in [5.41, 5.74) is 7.33. The predicted octanol–water partition coefficient (Wildman–Crippen LogP) is 1.34. The van der Waals surface area contributed by atoms with E-state index in [-0.39, 0.29) is 5.91 Å². The Kier molecular flexibility index (Phi) is 7.06. The number of unbranched alkanes of at least 4 members (excludes halogenated alkanes) is 1. The molecule has 0 aliphatic rings. The smallest absolute Gasteiger partial charge is 0.251 e. The van der Waals surface area contributed by atoms with Crippen molar-refractivity contribution in [2.45, 2.75) is 19.3 Å². The number of amides is 1. The van der Waals surface area contributed by atoms with Crippen LogP contribution in [0.4, 0.5) is 0 Å². The number of methoxy groups -OCH3 is 1. The Labute approximate surface area is 109 Å². The van der Waals surface area contributed by atoms with Gasteiger partial charge < -0.3 is 15.8 Å². The summed E-state index contributed by atoms with van der Waals surface area (Å²) in [6.45, 7) is 2.06. The molecule has 0 aromatic heterocycles. The molecule has 1 aromatic carbocycles. The molecule has 1 aromatic rings. The molecule has 0 fully saturated rings. The van der Waals surface area contributed by atoms with Crippen LogP contribution in [0.25, 0.3) is 0 Å². The zero-order chi connectivity index (χ0) is 13.2. The van der Waals surface area contributed by atoms with Crippen molar-refractivity contribution in [3.63, 3.8) is 0 Å². The molecular weight excluding hydrogens is 228 g/mol. The second-order valence-electron chi connectivity index (χ2n) is 4.19. The lowest BCUT2D eigenvalue weighted by Gasteiger charge is -2.06. The fourth-order valence-corrected chi connectivity index (χ4v) is 1.66. The summed E-state index contributed by atoms with van der Waals surface area (Å²) in [5, 5.41) is 2.89. The van der Waals surface area contributed by atoms with Gasteiger partial charge in [0.15, 0.2) is 0 Å². The molecule has 0 unspecified atom stereocenters. The fourth-order valence-electron chi connectivity index (χ4n) is 1.66. The molecule has 1 amide bonds. The molecule has 0 saturated carbocycles. The van der Waals surface area contributed by atoms with E-state index in [1.807, 2.05) is 24.3 Å². The molecule has 0 saturated heterocycles. The van der Waals surface area contributed by atoms with E-state index >= 15 is 0 Å². The van der Waals surface area contributed by atoms with E-state index in [0.717, 1.165) is 31.4 Å². The summed E-state index contributed by atoms with van der Waals surface area (Å²) in [5.74, 6) is -0.0216. The number of benzene rings is 1. The van der Waals surface area contributed by atoms with Gasteiger partial charge >= 0.3 is 0 Å². The van der Waals surface area contributed by atoms with Crippen LogP contribution in [0.15, 0.2) is 24.3 Å². The highest BCUT2D eigenvalue weighted by molar-refractivity contribution is 5.94. The lowest BCUT2D eigenvalue weighted by atomic mass is 10.1. The Balaban J connectivity index is 2.32. The van der Waals surface area contributed by atoms with Gasteiger partial charge in [-0.3, -0.25) is 4.79 Å². The van der Waals surface area contributed by atoms with Crippen LogP contribution < -0.4 is 11.1 Å². The van der Waals surface area contributed by atoms with E-state index in [2.05, 4.69) is 5.32 Å². The molecule has 1 rings (SSSR count). The summed E-state index contributed by atoms with van der Waals surface area (Å²) in [7, 11) is 1.68. The van der Waals surface area contributed by atoms with Gasteiger partial charge in [0, 0.05) is 25.8 Å². The van der Waals surface area contributed by atoms with Gasteiger partial charge in [-0.05, 0) is 43.5 Å². The Morgan fingerprint density at radius 1 is 1.28 bits per heavy atom. The minimum absolute atomic E-state index is 0.0216. The minimum atomic E-state index is -0.0216. The van der Waals surface area contributed by atoms with E-state index in [9.17, 15) is 4.79 Å². The van der Waals surface area contributed by atoms with E-state index in [1.165, 1.54) is 0 Å². The monoisotopic (exact) mass is 250 g/mol. The first-order valence-corrected chi connectivity index (χ1v) is 6.34. The van der Waals surface area contributed by atoms with Crippen molar-refractivity contribution in [1.29, 1.82) is 0 Å². The molecule has 0 radical (unpaired) electrons. The summed E-state index contributed by atoms with van der Waals surface area (Å²) < 4.78 is 4.95. The summed E-state index contributed by atoms with van der Waals surface area (Å²) >= 11 is 0. The number of hydrogen-bond donors (Lipinski definition) is 2. The molecule has 0 aliphatic carbocycles. The maximum absolute atomic E-state index is 11.8. The van der Waals surface area contributed by atoms with Crippen molar-refractivity contribution in [3.05, 3.63) is 35.4 Å². The van der Waals surface area contributed by atoms with Gasteiger partial charge in [0.05, 0.1) is 0 Å². The molecule has 100 valence electrons. The van der Waals surface area contributed by atoms with E-state index in [4.69, 9.17) is 10.5 Å². The van der Waals surface area contributed by atoms with Crippen LogP contribution in [0.3, 0.4) is 0 Å². The third kappa shape index (κ3) is 5.29. The summed E-state index contributed by atoms with van der Waals surface area (Å²) in [4.78, 5) is 11.8. The summed E-state index contributed by atoms with van der Waals surface area (Å²) in [6, 6.07) is 7.59. The fraction of sp³-hybridized carbons (Fsp3) is 0.500. The van der Waals surface area contributed by atoms with Crippen LogP contribution in [-0.2, 0) is 11.2 Å². The molecule has 4 nitrogen and oxygen atoms in total. The van der Waals surface area contributed by atoms with Crippen LogP contribution in [0.1, 0.15) is 28.8 Å². The molecule has 0 atom stereocenters. The van der Waals surface area contributed by atoms with Gasteiger partial charge in [-0.25, -0.2) is 0 Å². The molecule has 3 N–H and O–H groups in total. The van der Waals surface area contributed by atoms with Crippen molar-refractivity contribution < 1.29 is 9.53 Å². The average Bonchev–Trinajstić information content (AvgIpc) is 2.39. The van der Waals surface area contributed by atoms with Crippen LogP contribution >= 0.6 is 0 Å². The predicted molar refractivity (Wildman–Crippen MR) is 72.6 cm³/mol. The normalized spacial score (nSPS) is 10.3. The third-order valence-electron chi connectivity index (χ3n) is 2.71. The Morgan fingerprint density at radius 2 is 2.00 bits per heavy atom. The molecule has 0 bridgehead atoms. The molecule has 4 heteroatoms. The maximum atomic E-state index is 11.8. The number of rotatable bonds is 8. The standard InChI is InChI=1S/C14H22N2O2/c1-18-11-3-2-10-16-14(17)13-6-4-12(5-7-13)8-9-15/h4-7H,2-3,8-11,15H2,1H3,(H,16,17). The largest absolute Gasteiger partial charge is 0.385 e. The Bertz CT molecular complexity index is 349. The average molecular weight is 250 g/mol. The third-order valence-corrected chi connectivity index (χ3v) is 2.71. The van der Waals surface area contributed by atoms with Gasteiger partial charge in [0.1, 0.15) is 0 Å². The highest BCUT2D eigenvalue weighted by atomic mass is 16.5. The van der Waals surface area contributed by atoms with Crippen molar-refractivity contribution in [2.75, 3.05) is 26.8 Å². The van der Waals surface area contributed by atoms with Gasteiger partial charge in [-0.1, -0.05) is 12.1 Å². The van der Waals surface area contributed by atoms with Gasteiger partial charge in [-0.2, -0.15) is 0 Å². The Morgan fingerprint density at radius 3 is 2.61 bits per heavy atom. The van der Waals surface area contributed by atoms with Crippen molar-refractivity contribution in [3.8, 4) is 0 Å². The van der Waals surface area contributed by atoms with Gasteiger partial charge in [-0.15, -0.1) is 0 Å². The molecular formula is C14H22N2O2. The van der Waals surface area contributed by atoms with Crippen LogP contribution in [0.5, 0.6) is 0 Å². The topological polar surface area (TPSA) is 64.3 Å². The number of hydrogen-bond acceptors (Lipinski definition) is 3. The molecule has 0 aliphatic heterocycles. The number of nitrogens with one attached hydrogen (secondary N) is 1. The molecule has 0 spiro atoms. The maximum Gasteiger partial charge on any atom is 0.251 e. The zero-order valence-corrected chi connectivity index (χ0v) is 10.9. The molecule has 0 heterocycles. The van der Waals surface area contributed by atoms with Crippen LogP contribution in [-0.4, -0.2) is 32.7 Å². The second-order valence-corrected chi connectivity index (χ2v) is 4.19. The highest BCUT2D eigenvalue weighted by Gasteiger charge is 2.04. The lowest BCUT2D eigenvalue weighted by Crippen LogP contribution is -2.24. The minimum Gasteiger partial charge on any atom is -0.385 e. The van der Waals surface area contributed by atoms with Crippen molar-refractivity contribution in [1.82, 2.24) is 5.32 Å². The number of carbonyl (C=O) groups excluding carboxylic acids is 1. The first-order chi connectivity index (χ1) is 8.77. The van der Waals surface area contributed by atoms with Gasteiger partial charge in [0.2, 0.25) is 0 Å². The quantitative estimate of drug-likeness (QED) is 0.684. The van der Waals surface area contributed by atoms with E-state index in [0.29, 0.717) is 18.7 Å². The Hall–Kier alpha value is -1.39. The SMILES string of the molecule is COCCCCNC(=O)c1ccc(CCN)cc1. The second kappa shape index (κ2) is 8.66. The first kappa shape index (κ1) is 14.7. The highest BCUT2D eigenvalue weighted by Crippen LogP contribution is 2.04. The van der Waals surface area contributed by atoms with E-state index < -0.39 is 0 Å². The van der Waals surface area contributed by atoms with E-state index in [1.54, 1.807) is 7.11 Å².